The van der Waals surface area contributed by atoms with Gasteiger partial charge in [0, 0.05) is 10.9 Å². The van der Waals surface area contributed by atoms with Gasteiger partial charge >= 0.3 is 0 Å². The highest BCUT2D eigenvalue weighted by Gasteiger charge is 2.14. The van der Waals surface area contributed by atoms with Crippen molar-refractivity contribution in [2.45, 2.75) is 6.92 Å². The molecule has 1 aromatic heterocycles. The molecular weight excluding hydrogens is 303 g/mol. The summed E-state index contributed by atoms with van der Waals surface area (Å²) in [5, 5.41) is 1.89. The number of nitrogens with zero attached hydrogens (tertiary/aromatic N) is 1. The lowest BCUT2D eigenvalue weighted by molar-refractivity contribution is 0.415. The van der Waals surface area contributed by atoms with Crippen molar-refractivity contribution in [3.05, 3.63) is 29.4 Å². The van der Waals surface area contributed by atoms with E-state index in [1.807, 2.05) is 0 Å². The second-order valence-corrected chi connectivity index (χ2v) is 6.76. The molecule has 20 heavy (non-hydrogen) atoms. The van der Waals surface area contributed by atoms with E-state index in [4.69, 9.17) is 4.74 Å². The molecule has 0 amide bonds. The molecule has 0 unspecified atom stereocenters. The Labute approximate surface area is 120 Å². The first kappa shape index (κ1) is 14.7. The number of thiazole rings is 1. The molecule has 0 aliphatic heterocycles. The van der Waals surface area contributed by atoms with Gasteiger partial charge in [0.1, 0.15) is 11.6 Å². The molecule has 0 spiro atoms. The van der Waals surface area contributed by atoms with Crippen LogP contribution in [-0.2, 0) is 10.0 Å². The highest BCUT2D eigenvalue weighted by Crippen LogP contribution is 2.32. The summed E-state index contributed by atoms with van der Waals surface area (Å²) in [5.41, 5.74) is 0.936. The second-order valence-electron chi connectivity index (χ2n) is 3.89. The minimum Gasteiger partial charge on any atom is -0.496 e. The van der Waals surface area contributed by atoms with Crippen LogP contribution in [-0.4, -0.2) is 26.3 Å². The van der Waals surface area contributed by atoms with Crippen molar-refractivity contribution < 1.29 is 17.5 Å². The molecule has 0 fully saturated rings. The van der Waals surface area contributed by atoms with Gasteiger partial charge in [0.25, 0.3) is 0 Å². The SMILES string of the molecule is CCS(=O)(=O)Nc1nc(-c2cc(F)ccc2OC)cs1. The minimum atomic E-state index is -3.37. The van der Waals surface area contributed by atoms with E-state index in [0.717, 1.165) is 11.3 Å². The van der Waals surface area contributed by atoms with Crippen LogP contribution in [0.4, 0.5) is 9.52 Å². The lowest BCUT2D eigenvalue weighted by Gasteiger charge is -2.06. The van der Waals surface area contributed by atoms with Crippen LogP contribution in [0.1, 0.15) is 6.92 Å². The molecule has 1 aromatic carbocycles. The molecule has 0 bridgehead atoms. The summed E-state index contributed by atoms with van der Waals surface area (Å²) in [6, 6.07) is 4.08. The Morgan fingerprint density at radius 1 is 1.45 bits per heavy atom. The molecule has 0 radical (unpaired) electrons. The van der Waals surface area contributed by atoms with Gasteiger partial charge in [-0.05, 0) is 25.1 Å². The first-order valence-electron chi connectivity index (χ1n) is 5.75. The van der Waals surface area contributed by atoms with Gasteiger partial charge in [-0.3, -0.25) is 4.72 Å². The number of hydrogen-bond donors (Lipinski definition) is 1. The third-order valence-corrected chi connectivity index (χ3v) is 4.72. The topological polar surface area (TPSA) is 68.3 Å². The number of sulfonamides is 1. The number of nitrogens with one attached hydrogen (secondary N) is 1. The number of methoxy groups -OCH3 is 1. The Kier molecular flexibility index (Phi) is 4.24. The Morgan fingerprint density at radius 2 is 2.20 bits per heavy atom. The normalized spacial score (nSPS) is 11.3. The summed E-state index contributed by atoms with van der Waals surface area (Å²) < 4.78 is 43.7. The number of hydrogen-bond acceptors (Lipinski definition) is 5. The van der Waals surface area contributed by atoms with Crippen LogP contribution in [0.2, 0.25) is 0 Å². The Hall–Kier alpha value is -1.67. The molecule has 1 N–H and O–H groups in total. The Balaban J connectivity index is 2.36. The van der Waals surface area contributed by atoms with Crippen molar-refractivity contribution in [2.75, 3.05) is 17.6 Å². The van der Waals surface area contributed by atoms with Crippen LogP contribution < -0.4 is 9.46 Å². The quantitative estimate of drug-likeness (QED) is 0.921. The fraction of sp³-hybridized carbons (Fsp3) is 0.250. The van der Waals surface area contributed by atoms with Crippen LogP contribution in [0.3, 0.4) is 0 Å². The number of anilines is 1. The lowest BCUT2D eigenvalue weighted by atomic mass is 10.1. The van der Waals surface area contributed by atoms with E-state index in [1.165, 1.54) is 32.2 Å². The largest absolute Gasteiger partial charge is 0.496 e. The third kappa shape index (κ3) is 3.26. The molecular formula is C12H13FN2O3S2. The molecule has 0 aliphatic rings. The first-order valence-corrected chi connectivity index (χ1v) is 8.28. The van der Waals surface area contributed by atoms with Crippen LogP contribution in [0.15, 0.2) is 23.6 Å². The van der Waals surface area contributed by atoms with Gasteiger partial charge < -0.3 is 4.74 Å². The smallest absolute Gasteiger partial charge is 0.234 e. The predicted molar refractivity (Wildman–Crippen MR) is 77.1 cm³/mol. The average Bonchev–Trinajstić information content (AvgIpc) is 2.86. The van der Waals surface area contributed by atoms with E-state index in [0.29, 0.717) is 17.0 Å². The van der Waals surface area contributed by atoms with Gasteiger partial charge in [-0.1, -0.05) is 0 Å². The average molecular weight is 316 g/mol. The van der Waals surface area contributed by atoms with E-state index < -0.39 is 15.8 Å². The van der Waals surface area contributed by atoms with Crippen LogP contribution in [0.25, 0.3) is 11.3 Å². The van der Waals surface area contributed by atoms with Crippen molar-refractivity contribution >= 4 is 26.5 Å². The zero-order valence-electron chi connectivity index (χ0n) is 10.9. The highest BCUT2D eigenvalue weighted by atomic mass is 32.2. The maximum absolute atomic E-state index is 13.3. The van der Waals surface area contributed by atoms with Crippen molar-refractivity contribution in [2.24, 2.45) is 0 Å². The van der Waals surface area contributed by atoms with E-state index in [9.17, 15) is 12.8 Å². The molecule has 108 valence electrons. The van der Waals surface area contributed by atoms with E-state index in [2.05, 4.69) is 9.71 Å². The number of aromatic nitrogens is 1. The Morgan fingerprint density at radius 3 is 2.85 bits per heavy atom. The van der Waals surface area contributed by atoms with E-state index in [1.54, 1.807) is 5.38 Å². The highest BCUT2D eigenvalue weighted by molar-refractivity contribution is 7.92. The standard InChI is InChI=1S/C12H13FN2O3S2/c1-3-20(16,17)15-12-14-10(7-19-12)9-6-8(13)4-5-11(9)18-2/h4-7H,3H2,1-2H3,(H,14,15). The van der Waals surface area contributed by atoms with Gasteiger partial charge in [0.15, 0.2) is 5.13 Å². The molecule has 5 nitrogen and oxygen atoms in total. The van der Waals surface area contributed by atoms with Gasteiger partial charge in [0.05, 0.1) is 18.6 Å². The van der Waals surface area contributed by atoms with Crippen molar-refractivity contribution in [3.63, 3.8) is 0 Å². The van der Waals surface area contributed by atoms with Crippen molar-refractivity contribution in [3.8, 4) is 17.0 Å². The maximum atomic E-state index is 13.3. The molecule has 8 heteroatoms. The summed E-state index contributed by atoms with van der Waals surface area (Å²) in [7, 11) is -1.90. The van der Waals surface area contributed by atoms with Gasteiger partial charge in [-0.25, -0.2) is 17.8 Å². The zero-order chi connectivity index (χ0) is 14.8. The van der Waals surface area contributed by atoms with E-state index >= 15 is 0 Å². The summed E-state index contributed by atoms with van der Waals surface area (Å²) >= 11 is 1.13. The van der Waals surface area contributed by atoms with Crippen molar-refractivity contribution in [1.82, 2.24) is 4.98 Å². The number of ether oxygens (including phenoxy) is 1. The molecule has 2 rings (SSSR count). The molecule has 0 aliphatic carbocycles. The van der Waals surface area contributed by atoms with Crippen LogP contribution in [0.5, 0.6) is 5.75 Å². The molecule has 1 heterocycles. The fourth-order valence-corrected chi connectivity index (χ4v) is 3.11. The monoisotopic (exact) mass is 316 g/mol. The number of halogens is 1. The van der Waals surface area contributed by atoms with Gasteiger partial charge in [0.2, 0.25) is 10.0 Å². The summed E-state index contributed by atoms with van der Waals surface area (Å²) in [5.74, 6) is 0.0247. The number of benzene rings is 1. The lowest BCUT2D eigenvalue weighted by Crippen LogP contribution is -2.14. The molecule has 0 saturated heterocycles. The minimum absolute atomic E-state index is 0.0365. The molecule has 0 atom stereocenters. The molecule has 2 aromatic rings. The molecule has 0 saturated carbocycles. The first-order chi connectivity index (χ1) is 9.45. The summed E-state index contributed by atoms with van der Waals surface area (Å²) in [6.45, 7) is 1.53. The summed E-state index contributed by atoms with van der Waals surface area (Å²) in [4.78, 5) is 4.14. The summed E-state index contributed by atoms with van der Waals surface area (Å²) in [6.07, 6.45) is 0. The maximum Gasteiger partial charge on any atom is 0.234 e. The number of rotatable bonds is 5. The Bertz CT molecular complexity index is 713. The van der Waals surface area contributed by atoms with E-state index in [-0.39, 0.29) is 10.9 Å². The third-order valence-electron chi connectivity index (χ3n) is 2.56. The van der Waals surface area contributed by atoms with Gasteiger partial charge in [-0.15, -0.1) is 11.3 Å². The van der Waals surface area contributed by atoms with Crippen molar-refractivity contribution in [1.29, 1.82) is 0 Å². The second kappa shape index (κ2) is 5.76. The van der Waals surface area contributed by atoms with Crippen LogP contribution >= 0.6 is 11.3 Å². The zero-order valence-corrected chi connectivity index (χ0v) is 12.5. The predicted octanol–water partition coefficient (Wildman–Crippen LogP) is 2.72. The van der Waals surface area contributed by atoms with Gasteiger partial charge in [-0.2, -0.15) is 0 Å². The van der Waals surface area contributed by atoms with Crippen LogP contribution in [0, 0.1) is 5.82 Å². The fourth-order valence-electron chi connectivity index (χ4n) is 1.53.